The van der Waals surface area contributed by atoms with Crippen LogP contribution in [0.25, 0.3) is 0 Å². The van der Waals surface area contributed by atoms with Crippen molar-refractivity contribution in [1.82, 2.24) is 26.6 Å². The summed E-state index contributed by atoms with van der Waals surface area (Å²) in [4.78, 5) is 80.3. The molecule has 14 N–H and O–H groups in total. The van der Waals surface area contributed by atoms with Gasteiger partial charge in [0.05, 0.1) is 12.6 Å². The van der Waals surface area contributed by atoms with Crippen LogP contribution in [0.1, 0.15) is 64.9 Å². The van der Waals surface area contributed by atoms with Gasteiger partial charge in [-0.05, 0) is 69.9 Å². The summed E-state index contributed by atoms with van der Waals surface area (Å²) in [6.45, 7) is 5.11. The first kappa shape index (κ1) is 42.3. The van der Waals surface area contributed by atoms with Crippen LogP contribution in [-0.2, 0) is 35.2 Å². The third-order valence-electron chi connectivity index (χ3n) is 7.31. The number of aliphatic imine (C=N–C) groups is 1. The van der Waals surface area contributed by atoms with E-state index in [2.05, 4.69) is 31.6 Å². The highest BCUT2D eigenvalue weighted by Gasteiger charge is 2.30. The van der Waals surface area contributed by atoms with Crippen molar-refractivity contribution in [3.63, 3.8) is 0 Å². The van der Waals surface area contributed by atoms with Gasteiger partial charge >= 0.3 is 5.97 Å². The van der Waals surface area contributed by atoms with Gasteiger partial charge in [0.15, 0.2) is 5.96 Å². The van der Waals surface area contributed by atoms with Crippen molar-refractivity contribution in [2.75, 3.05) is 19.6 Å². The average Bonchev–Trinajstić information content (AvgIpc) is 3.04. The Labute approximate surface area is 287 Å². The molecule has 0 saturated carbocycles. The lowest BCUT2D eigenvalue weighted by molar-refractivity contribution is -0.142. The van der Waals surface area contributed by atoms with Gasteiger partial charge in [0.2, 0.25) is 29.5 Å². The number of amides is 5. The third kappa shape index (κ3) is 17.8. The van der Waals surface area contributed by atoms with Gasteiger partial charge in [-0.1, -0.05) is 44.2 Å². The predicted molar refractivity (Wildman–Crippen MR) is 184 cm³/mol. The lowest BCUT2D eigenvalue weighted by Crippen LogP contribution is -2.57. The van der Waals surface area contributed by atoms with Crippen molar-refractivity contribution < 1.29 is 33.9 Å². The average molecular weight is 691 g/mol. The fourth-order valence-electron chi connectivity index (χ4n) is 4.68. The largest absolute Gasteiger partial charge is 0.480 e. The first-order chi connectivity index (χ1) is 23.1. The van der Waals surface area contributed by atoms with E-state index in [1.165, 1.54) is 6.92 Å². The molecule has 0 radical (unpaired) electrons. The maximum absolute atomic E-state index is 13.3. The molecule has 274 valence electrons. The molecule has 5 atom stereocenters. The quantitative estimate of drug-likeness (QED) is 0.0338. The number of nitrogens with one attached hydrogen (secondary N) is 5. The molecule has 0 aliphatic carbocycles. The summed E-state index contributed by atoms with van der Waals surface area (Å²) in [5.41, 5.74) is 23.2. The number of aliphatic carboxylic acids is 1. The molecule has 0 bridgehead atoms. The van der Waals surface area contributed by atoms with Crippen molar-refractivity contribution in [2.45, 2.75) is 95.9 Å². The molecule has 0 spiro atoms. The van der Waals surface area contributed by atoms with Crippen LogP contribution in [0.5, 0.6) is 0 Å². The predicted octanol–water partition coefficient (Wildman–Crippen LogP) is -2.06. The molecule has 0 aromatic heterocycles. The SMILES string of the molecule is CC(C)C[C@H](NC(=O)[C@H](CCCCN)NC(=O)[C@H](C)NC(=O)[C@H](CCCN=C(N)N)NC(=O)CNC(=O)[C@@H](N)Cc1ccccc1)C(=O)O. The van der Waals surface area contributed by atoms with E-state index in [0.29, 0.717) is 19.4 Å². The molecule has 0 aliphatic rings. The van der Waals surface area contributed by atoms with Crippen molar-refractivity contribution in [3.8, 4) is 0 Å². The fourth-order valence-corrected chi connectivity index (χ4v) is 4.68. The van der Waals surface area contributed by atoms with E-state index < -0.39 is 72.3 Å². The number of rotatable bonds is 23. The number of nitrogens with zero attached hydrogens (tertiary/aromatic N) is 1. The number of carboxylic acid groups (broad SMARTS) is 1. The monoisotopic (exact) mass is 690 g/mol. The zero-order valence-electron chi connectivity index (χ0n) is 28.6. The Hall–Kier alpha value is -4.77. The summed E-state index contributed by atoms with van der Waals surface area (Å²) in [7, 11) is 0. The Balaban J connectivity index is 2.91. The lowest BCUT2D eigenvalue weighted by atomic mass is 10.0. The van der Waals surface area contributed by atoms with E-state index in [9.17, 15) is 33.9 Å². The van der Waals surface area contributed by atoms with Crippen LogP contribution < -0.4 is 49.5 Å². The molecule has 0 aliphatic heterocycles. The number of carbonyl (C=O) groups is 6. The number of carbonyl (C=O) groups excluding carboxylic acids is 5. The van der Waals surface area contributed by atoms with Gasteiger partial charge in [-0.3, -0.25) is 29.0 Å². The lowest BCUT2D eigenvalue weighted by Gasteiger charge is -2.25. The van der Waals surface area contributed by atoms with E-state index in [1.807, 2.05) is 44.2 Å². The molecule has 0 heterocycles. The Morgan fingerprint density at radius 2 is 1.37 bits per heavy atom. The molecule has 1 aromatic rings. The van der Waals surface area contributed by atoms with E-state index in [1.54, 1.807) is 0 Å². The number of guanidine groups is 1. The van der Waals surface area contributed by atoms with E-state index in [4.69, 9.17) is 22.9 Å². The molecule has 17 nitrogen and oxygen atoms in total. The van der Waals surface area contributed by atoms with Crippen LogP contribution in [0.4, 0.5) is 0 Å². The third-order valence-corrected chi connectivity index (χ3v) is 7.31. The van der Waals surface area contributed by atoms with Crippen molar-refractivity contribution >= 4 is 41.5 Å². The van der Waals surface area contributed by atoms with Crippen LogP contribution in [0, 0.1) is 5.92 Å². The van der Waals surface area contributed by atoms with Gasteiger partial charge in [-0.2, -0.15) is 0 Å². The van der Waals surface area contributed by atoms with Gasteiger partial charge in [0, 0.05) is 6.54 Å². The molecular formula is C32H54N10O7. The molecule has 17 heteroatoms. The topological polar surface area (TPSA) is 299 Å². The van der Waals surface area contributed by atoms with Crippen molar-refractivity contribution in [3.05, 3.63) is 35.9 Å². The van der Waals surface area contributed by atoms with Gasteiger partial charge < -0.3 is 54.6 Å². The molecule has 49 heavy (non-hydrogen) atoms. The van der Waals surface area contributed by atoms with Crippen molar-refractivity contribution in [1.29, 1.82) is 0 Å². The minimum Gasteiger partial charge on any atom is -0.480 e. The second kappa shape index (κ2) is 22.7. The van der Waals surface area contributed by atoms with Crippen LogP contribution in [0.15, 0.2) is 35.3 Å². The van der Waals surface area contributed by atoms with Crippen molar-refractivity contribution in [2.24, 2.45) is 33.8 Å². The molecule has 5 amide bonds. The number of benzene rings is 1. The first-order valence-electron chi connectivity index (χ1n) is 16.4. The summed E-state index contributed by atoms with van der Waals surface area (Å²) in [6.07, 6.45) is 2.06. The number of nitrogens with two attached hydrogens (primary N) is 4. The maximum Gasteiger partial charge on any atom is 0.326 e. The Bertz CT molecular complexity index is 1260. The number of hydrogen-bond donors (Lipinski definition) is 10. The number of hydrogen-bond acceptors (Lipinski definition) is 9. The first-order valence-corrected chi connectivity index (χ1v) is 16.4. The Morgan fingerprint density at radius 1 is 0.776 bits per heavy atom. The maximum atomic E-state index is 13.3. The summed E-state index contributed by atoms with van der Waals surface area (Å²) < 4.78 is 0. The Morgan fingerprint density at radius 3 is 1.96 bits per heavy atom. The summed E-state index contributed by atoms with van der Waals surface area (Å²) in [6, 6.07) is 3.70. The molecular weight excluding hydrogens is 636 g/mol. The second-order valence-corrected chi connectivity index (χ2v) is 12.2. The number of unbranched alkanes of at least 4 members (excludes halogenated alkanes) is 1. The highest BCUT2D eigenvalue weighted by molar-refractivity contribution is 5.95. The standard InChI is InChI=1S/C32H54N10O7/c1-19(2)16-25(31(48)49)42-30(47)24(12-7-8-14-33)41-27(44)20(3)39-29(46)23(13-9-15-37-32(35)36)40-26(43)18-38-28(45)22(34)17-21-10-5-4-6-11-21/h4-6,10-11,19-20,22-25H,7-9,12-18,33-34H2,1-3H3,(H,38,45)(H,39,46)(H,40,43)(H,41,44)(H,42,47)(H,48,49)(H4,35,36,37)/t20-,22-,23-,24-,25-/m0/s1. The van der Waals surface area contributed by atoms with Crippen LogP contribution in [-0.4, -0.2) is 96.4 Å². The molecule has 0 saturated heterocycles. The van der Waals surface area contributed by atoms with Crippen LogP contribution >= 0.6 is 0 Å². The Kier molecular flexibility index (Phi) is 19.6. The smallest absolute Gasteiger partial charge is 0.326 e. The normalized spacial score (nSPS) is 13.9. The second-order valence-electron chi connectivity index (χ2n) is 12.2. The zero-order valence-corrected chi connectivity index (χ0v) is 28.6. The van der Waals surface area contributed by atoms with E-state index >= 15 is 0 Å². The van der Waals surface area contributed by atoms with Gasteiger partial charge in [-0.15, -0.1) is 0 Å². The zero-order chi connectivity index (χ0) is 36.9. The minimum absolute atomic E-state index is 0.0108. The van der Waals surface area contributed by atoms with Crippen LogP contribution in [0.2, 0.25) is 0 Å². The minimum atomic E-state index is -1.20. The van der Waals surface area contributed by atoms with Gasteiger partial charge in [0.25, 0.3) is 0 Å². The van der Waals surface area contributed by atoms with E-state index in [0.717, 1.165) is 5.56 Å². The van der Waals surface area contributed by atoms with Gasteiger partial charge in [-0.25, -0.2) is 4.79 Å². The summed E-state index contributed by atoms with van der Waals surface area (Å²) in [5.74, 6) is -4.67. The highest BCUT2D eigenvalue weighted by Crippen LogP contribution is 2.08. The van der Waals surface area contributed by atoms with Gasteiger partial charge in [0.1, 0.15) is 24.2 Å². The molecule has 1 rings (SSSR count). The molecule has 0 unspecified atom stereocenters. The number of carboxylic acids is 1. The highest BCUT2D eigenvalue weighted by atomic mass is 16.4. The van der Waals surface area contributed by atoms with Crippen LogP contribution in [0.3, 0.4) is 0 Å². The molecule has 1 aromatic carbocycles. The fraction of sp³-hybridized carbons (Fsp3) is 0.594. The summed E-state index contributed by atoms with van der Waals surface area (Å²) in [5, 5.41) is 22.2. The summed E-state index contributed by atoms with van der Waals surface area (Å²) >= 11 is 0. The molecule has 0 fully saturated rings. The van der Waals surface area contributed by atoms with E-state index in [-0.39, 0.29) is 50.5 Å².